The van der Waals surface area contributed by atoms with Crippen LogP contribution < -0.4 is 9.62 Å². The Balaban J connectivity index is 1.61. The molecule has 1 aromatic heterocycles. The Kier molecular flexibility index (Phi) is 4.58. The number of imide groups is 1. The fraction of sp³-hybridized carbons (Fsp3) is 0. The molecule has 6 nitrogen and oxygen atoms in total. The topological polar surface area (TPSA) is 83.6 Å². The minimum absolute atomic E-state index is 0.0889. The van der Waals surface area contributed by atoms with Crippen LogP contribution in [-0.4, -0.2) is 20.2 Å². The molecule has 0 atom stereocenters. The lowest BCUT2D eigenvalue weighted by Crippen LogP contribution is -2.29. The zero-order valence-electron chi connectivity index (χ0n) is 15.7. The van der Waals surface area contributed by atoms with Crippen molar-refractivity contribution >= 4 is 66.9 Å². The number of thiophene rings is 1. The van der Waals surface area contributed by atoms with Gasteiger partial charge in [-0.15, -0.1) is 11.3 Å². The monoisotopic (exact) mass is 468 g/mol. The Hall–Kier alpha value is -3.20. The van der Waals surface area contributed by atoms with Crippen molar-refractivity contribution < 1.29 is 18.0 Å². The maximum Gasteiger partial charge on any atom is 0.271 e. The summed E-state index contributed by atoms with van der Waals surface area (Å²) in [4.78, 5) is 27.0. The van der Waals surface area contributed by atoms with Crippen LogP contribution in [0.5, 0.6) is 0 Å². The minimum atomic E-state index is -3.84. The quantitative estimate of drug-likeness (QED) is 0.419. The van der Waals surface area contributed by atoms with E-state index in [1.54, 1.807) is 60.7 Å². The molecule has 9 heteroatoms. The van der Waals surface area contributed by atoms with Crippen molar-refractivity contribution in [3.8, 4) is 0 Å². The Morgan fingerprint density at radius 2 is 1.39 bits per heavy atom. The van der Waals surface area contributed by atoms with Crippen LogP contribution in [0.4, 0.5) is 11.4 Å². The van der Waals surface area contributed by atoms with Gasteiger partial charge in [0, 0.05) is 10.8 Å². The van der Waals surface area contributed by atoms with Gasteiger partial charge in [0.1, 0.15) is 4.21 Å². The Morgan fingerprint density at radius 1 is 0.774 bits per heavy atom. The van der Waals surface area contributed by atoms with Gasteiger partial charge in [0.05, 0.1) is 26.8 Å². The Bertz CT molecular complexity index is 1460. The number of sulfonamides is 1. The lowest BCUT2D eigenvalue weighted by molar-refractivity contribution is 0.0926. The highest BCUT2D eigenvalue weighted by Crippen LogP contribution is 2.37. The number of halogens is 1. The van der Waals surface area contributed by atoms with E-state index in [9.17, 15) is 18.0 Å². The fourth-order valence-corrected chi connectivity index (χ4v) is 6.17. The van der Waals surface area contributed by atoms with Gasteiger partial charge in [-0.1, -0.05) is 48.0 Å². The summed E-state index contributed by atoms with van der Waals surface area (Å²) in [6.45, 7) is 0. The van der Waals surface area contributed by atoms with Gasteiger partial charge in [0.2, 0.25) is 0 Å². The molecule has 1 aliphatic heterocycles. The summed E-state index contributed by atoms with van der Waals surface area (Å²) < 4.78 is 28.6. The molecular formula is C22H13ClN2O4S2. The molecule has 5 rings (SSSR count). The third kappa shape index (κ3) is 3.20. The lowest BCUT2D eigenvalue weighted by Gasteiger charge is -2.18. The van der Waals surface area contributed by atoms with Crippen molar-refractivity contribution in [2.75, 3.05) is 9.62 Å². The largest absolute Gasteiger partial charge is 0.278 e. The summed E-state index contributed by atoms with van der Waals surface area (Å²) in [5.41, 5.74) is 1.41. The number of amides is 2. The Morgan fingerprint density at radius 3 is 2.00 bits per heavy atom. The smallest absolute Gasteiger partial charge is 0.271 e. The van der Waals surface area contributed by atoms with Gasteiger partial charge in [-0.2, -0.15) is 0 Å². The average Bonchev–Trinajstić information content (AvgIpc) is 3.31. The first kappa shape index (κ1) is 19.7. The predicted octanol–water partition coefficient (Wildman–Crippen LogP) is 5.16. The summed E-state index contributed by atoms with van der Waals surface area (Å²) in [6, 6.07) is 19.7. The number of carbonyl (C=O) groups is 2. The molecular weight excluding hydrogens is 456 g/mol. The number of nitrogens with one attached hydrogen (secondary N) is 1. The van der Waals surface area contributed by atoms with E-state index in [2.05, 4.69) is 4.72 Å². The van der Waals surface area contributed by atoms with E-state index in [-0.39, 0.29) is 4.21 Å². The number of benzene rings is 3. The number of hydrogen-bond donors (Lipinski definition) is 1. The SMILES string of the molecule is O=C1c2ccccc2C(=O)N1c1ccc(NS(=O)(=O)c2ccc(Cl)s2)c2ccccc12. The highest BCUT2D eigenvalue weighted by Gasteiger charge is 2.37. The van der Waals surface area contributed by atoms with Gasteiger partial charge >= 0.3 is 0 Å². The van der Waals surface area contributed by atoms with Crippen molar-refractivity contribution in [1.82, 2.24) is 0 Å². The molecule has 0 aliphatic carbocycles. The molecule has 3 aromatic carbocycles. The third-order valence-electron chi connectivity index (χ3n) is 4.99. The summed E-state index contributed by atoms with van der Waals surface area (Å²) in [6.07, 6.45) is 0. The standard InChI is InChI=1S/C22H13ClN2O4S2/c23-19-11-12-20(30-19)31(28,29)24-17-9-10-18(14-6-2-1-5-13(14)17)25-21(26)15-7-3-4-8-16(15)22(25)27/h1-12,24H. The molecule has 154 valence electrons. The first-order valence-corrected chi connectivity index (χ1v) is 11.8. The van der Waals surface area contributed by atoms with Gasteiger partial charge in [-0.3, -0.25) is 14.3 Å². The van der Waals surface area contributed by atoms with Gasteiger partial charge in [0.15, 0.2) is 0 Å². The molecule has 0 spiro atoms. The van der Waals surface area contributed by atoms with Crippen molar-refractivity contribution in [3.63, 3.8) is 0 Å². The van der Waals surface area contributed by atoms with Crippen LogP contribution in [0.2, 0.25) is 4.34 Å². The van der Waals surface area contributed by atoms with Gasteiger partial charge in [-0.25, -0.2) is 13.3 Å². The molecule has 1 N–H and O–H groups in total. The van der Waals surface area contributed by atoms with E-state index in [1.807, 2.05) is 0 Å². The van der Waals surface area contributed by atoms with E-state index in [0.29, 0.717) is 37.6 Å². The van der Waals surface area contributed by atoms with E-state index < -0.39 is 21.8 Å². The summed E-state index contributed by atoms with van der Waals surface area (Å²) in [5, 5.41) is 1.13. The van der Waals surface area contributed by atoms with Crippen LogP contribution in [0.3, 0.4) is 0 Å². The number of nitrogens with zero attached hydrogens (tertiary/aromatic N) is 1. The first-order chi connectivity index (χ1) is 14.9. The second-order valence-electron chi connectivity index (χ2n) is 6.83. The number of anilines is 2. The minimum Gasteiger partial charge on any atom is -0.278 e. The van der Waals surface area contributed by atoms with E-state index in [0.717, 1.165) is 16.2 Å². The first-order valence-electron chi connectivity index (χ1n) is 9.14. The second kappa shape index (κ2) is 7.19. The molecule has 0 saturated heterocycles. The fourth-order valence-electron chi connectivity index (χ4n) is 3.61. The van der Waals surface area contributed by atoms with E-state index in [1.165, 1.54) is 12.1 Å². The maximum absolute atomic E-state index is 12.9. The van der Waals surface area contributed by atoms with Crippen LogP contribution in [0.25, 0.3) is 10.8 Å². The van der Waals surface area contributed by atoms with Crippen LogP contribution >= 0.6 is 22.9 Å². The van der Waals surface area contributed by atoms with Crippen LogP contribution in [0.15, 0.2) is 77.0 Å². The van der Waals surface area contributed by atoms with Gasteiger partial charge in [0.25, 0.3) is 21.8 Å². The molecule has 1 aliphatic rings. The third-order valence-corrected chi connectivity index (χ3v) is 8.08. The molecule has 2 heterocycles. The average molecular weight is 469 g/mol. The molecule has 0 fully saturated rings. The number of hydrogen-bond acceptors (Lipinski definition) is 5. The summed E-state index contributed by atoms with van der Waals surface area (Å²) in [5.74, 6) is -0.820. The Labute approximate surface area is 186 Å². The molecule has 4 aromatic rings. The molecule has 0 unspecified atom stereocenters. The van der Waals surface area contributed by atoms with Crippen molar-refractivity contribution in [2.45, 2.75) is 4.21 Å². The highest BCUT2D eigenvalue weighted by molar-refractivity contribution is 7.94. The highest BCUT2D eigenvalue weighted by atomic mass is 35.5. The summed E-state index contributed by atoms with van der Waals surface area (Å²) in [7, 11) is -3.84. The van der Waals surface area contributed by atoms with E-state index >= 15 is 0 Å². The molecule has 31 heavy (non-hydrogen) atoms. The number of carbonyl (C=O) groups excluding carboxylic acids is 2. The molecule has 0 radical (unpaired) electrons. The number of rotatable bonds is 4. The van der Waals surface area contributed by atoms with Gasteiger partial charge < -0.3 is 0 Å². The number of fused-ring (bicyclic) bond motifs is 2. The van der Waals surface area contributed by atoms with Crippen LogP contribution in [0.1, 0.15) is 20.7 Å². The van der Waals surface area contributed by atoms with Crippen molar-refractivity contribution in [2.24, 2.45) is 0 Å². The molecule has 0 bridgehead atoms. The maximum atomic E-state index is 12.9. The zero-order valence-corrected chi connectivity index (χ0v) is 18.1. The summed E-state index contributed by atoms with van der Waals surface area (Å²) >= 11 is 6.83. The normalized spacial score (nSPS) is 13.6. The molecule has 0 saturated carbocycles. The van der Waals surface area contributed by atoms with Gasteiger partial charge in [-0.05, 0) is 36.4 Å². The van der Waals surface area contributed by atoms with E-state index in [4.69, 9.17) is 11.6 Å². The van der Waals surface area contributed by atoms with Crippen molar-refractivity contribution in [1.29, 1.82) is 0 Å². The molecule has 2 amide bonds. The van der Waals surface area contributed by atoms with Crippen LogP contribution in [-0.2, 0) is 10.0 Å². The van der Waals surface area contributed by atoms with Crippen LogP contribution in [0, 0.1) is 0 Å². The zero-order chi connectivity index (χ0) is 21.8. The second-order valence-corrected chi connectivity index (χ2v) is 10.5. The lowest BCUT2D eigenvalue weighted by atomic mass is 10.1. The predicted molar refractivity (Wildman–Crippen MR) is 122 cm³/mol. The van der Waals surface area contributed by atoms with Crippen molar-refractivity contribution in [3.05, 3.63) is 88.3 Å².